The third-order valence-corrected chi connectivity index (χ3v) is 5.76. The van der Waals surface area contributed by atoms with Gasteiger partial charge >= 0.3 is 5.97 Å². The number of carbonyl (C=O) groups is 3. The summed E-state index contributed by atoms with van der Waals surface area (Å²) in [7, 11) is 0. The number of hydrogen-bond acceptors (Lipinski definition) is 3. The Morgan fingerprint density at radius 2 is 1.64 bits per heavy atom. The molecule has 0 fully saturated rings. The lowest BCUT2D eigenvalue weighted by atomic mass is 9.67. The molecule has 2 aliphatic rings. The maximum absolute atomic E-state index is 12.7. The summed E-state index contributed by atoms with van der Waals surface area (Å²) >= 11 is 11.5. The smallest absolute Gasteiger partial charge is 0.312 e. The summed E-state index contributed by atoms with van der Waals surface area (Å²) in [6, 6.07) is 0. The first-order valence-corrected chi connectivity index (χ1v) is 9.23. The van der Waals surface area contributed by atoms with Crippen LogP contribution in [-0.4, -0.2) is 34.3 Å². The summed E-state index contributed by atoms with van der Waals surface area (Å²) in [6.45, 7) is 5.03. The Morgan fingerprint density at radius 3 is 2.00 bits per heavy atom. The van der Waals surface area contributed by atoms with E-state index in [1.165, 1.54) is 6.08 Å². The van der Waals surface area contributed by atoms with Crippen molar-refractivity contribution >= 4 is 41.0 Å². The first-order valence-electron chi connectivity index (χ1n) is 8.47. The van der Waals surface area contributed by atoms with Crippen molar-refractivity contribution in [3.8, 4) is 0 Å². The number of carbonyl (C=O) groups excluding carboxylic acids is 2. The number of carboxylic acid groups (broad SMARTS) is 1. The molecular weight excluding hydrogens is 365 g/mol. The Bertz CT molecular complexity index is 636. The second kappa shape index (κ2) is 7.50. The van der Waals surface area contributed by atoms with Gasteiger partial charge in [0.2, 0.25) is 0 Å². The molecule has 1 heterocycles. The van der Waals surface area contributed by atoms with Crippen LogP contribution in [0.4, 0.5) is 0 Å². The van der Waals surface area contributed by atoms with E-state index in [1.54, 1.807) is 20.8 Å². The molecule has 138 valence electrons. The van der Waals surface area contributed by atoms with Gasteiger partial charge in [0.1, 0.15) is 4.49 Å². The van der Waals surface area contributed by atoms with Gasteiger partial charge in [-0.15, -0.1) is 0 Å². The van der Waals surface area contributed by atoms with Crippen molar-refractivity contribution in [2.75, 3.05) is 6.54 Å². The van der Waals surface area contributed by atoms with E-state index in [1.807, 2.05) is 0 Å². The van der Waals surface area contributed by atoms with E-state index in [-0.39, 0.29) is 28.8 Å². The lowest BCUT2D eigenvalue weighted by Gasteiger charge is -2.39. The van der Waals surface area contributed by atoms with Crippen LogP contribution in [0.3, 0.4) is 0 Å². The zero-order chi connectivity index (χ0) is 18.9. The molecule has 0 saturated carbocycles. The van der Waals surface area contributed by atoms with E-state index in [2.05, 4.69) is 0 Å². The van der Waals surface area contributed by atoms with Crippen molar-refractivity contribution in [3.05, 3.63) is 21.7 Å². The largest absolute Gasteiger partial charge is 0.481 e. The molecule has 0 aromatic carbocycles. The fourth-order valence-electron chi connectivity index (χ4n) is 3.90. The highest BCUT2D eigenvalue weighted by Gasteiger charge is 2.51. The van der Waals surface area contributed by atoms with Gasteiger partial charge in [0, 0.05) is 17.7 Å². The minimum atomic E-state index is -1.37. The van der Waals surface area contributed by atoms with E-state index in [4.69, 9.17) is 23.2 Å². The maximum Gasteiger partial charge on any atom is 0.312 e. The average molecular weight is 388 g/mol. The molecule has 1 aliphatic carbocycles. The highest BCUT2D eigenvalue weighted by molar-refractivity contribution is 6.55. The highest BCUT2D eigenvalue weighted by atomic mass is 35.5. The first-order chi connectivity index (χ1) is 11.6. The summed E-state index contributed by atoms with van der Waals surface area (Å²) in [5, 5.41) is 9.99. The Hall–Kier alpha value is -1.33. The van der Waals surface area contributed by atoms with Crippen LogP contribution in [0.2, 0.25) is 0 Å². The van der Waals surface area contributed by atoms with E-state index in [0.717, 1.165) is 17.7 Å². The average Bonchev–Trinajstić information content (AvgIpc) is 2.75. The molecular formula is C18H23Cl2NO4. The minimum Gasteiger partial charge on any atom is -0.481 e. The number of nitrogens with zero attached hydrogens (tertiary/aromatic N) is 1. The number of rotatable bonds is 6. The van der Waals surface area contributed by atoms with Gasteiger partial charge in [0.15, 0.2) is 0 Å². The molecule has 2 atom stereocenters. The molecule has 2 amide bonds. The maximum atomic E-state index is 12.7. The van der Waals surface area contributed by atoms with Crippen LogP contribution in [0.1, 0.15) is 46.5 Å². The molecule has 2 unspecified atom stereocenters. The standard InChI is InChI=1S/C18H23Cl2NO4/c1-10(2)18(17(24)25,11(3)8-14(19)20)9-21-15(22)12-6-4-5-7-13(12)16(21)23/h8,10-11H,4-7,9H2,1-3H3,(H,24,25). The highest BCUT2D eigenvalue weighted by Crippen LogP contribution is 2.42. The van der Waals surface area contributed by atoms with Gasteiger partial charge in [-0.05, 0) is 37.5 Å². The summed E-state index contributed by atoms with van der Waals surface area (Å²) < 4.78 is -0.0322. The van der Waals surface area contributed by atoms with E-state index in [9.17, 15) is 19.5 Å². The summed E-state index contributed by atoms with van der Waals surface area (Å²) in [6.07, 6.45) is 4.37. The SMILES string of the molecule is CC(C)C(CN1C(=O)C2=C(CCCC2)C1=O)(C(=O)O)C(C)C=C(Cl)Cl. The van der Waals surface area contributed by atoms with Crippen LogP contribution < -0.4 is 0 Å². The third kappa shape index (κ3) is 3.49. The lowest BCUT2D eigenvalue weighted by molar-refractivity contribution is -0.158. The zero-order valence-electron chi connectivity index (χ0n) is 14.6. The normalized spacial score (nSPS) is 21.3. The van der Waals surface area contributed by atoms with Crippen molar-refractivity contribution in [2.24, 2.45) is 17.3 Å². The van der Waals surface area contributed by atoms with Gasteiger partial charge in [0.05, 0.1) is 5.41 Å². The fraction of sp³-hybridized carbons (Fsp3) is 0.611. The number of halogens is 2. The Labute approximate surface area is 157 Å². The lowest BCUT2D eigenvalue weighted by Crippen LogP contribution is -2.52. The Morgan fingerprint density at radius 1 is 1.16 bits per heavy atom. The van der Waals surface area contributed by atoms with E-state index >= 15 is 0 Å². The van der Waals surface area contributed by atoms with E-state index in [0.29, 0.717) is 24.0 Å². The summed E-state index contributed by atoms with van der Waals surface area (Å²) in [5.74, 6) is -2.68. The van der Waals surface area contributed by atoms with Crippen molar-refractivity contribution < 1.29 is 19.5 Å². The number of carboxylic acids is 1. The van der Waals surface area contributed by atoms with Crippen LogP contribution in [0.15, 0.2) is 21.7 Å². The van der Waals surface area contributed by atoms with Gasteiger partial charge < -0.3 is 5.11 Å². The minimum absolute atomic E-state index is 0.0322. The first kappa shape index (κ1) is 20.0. The zero-order valence-corrected chi connectivity index (χ0v) is 16.2. The predicted molar refractivity (Wildman–Crippen MR) is 96.1 cm³/mol. The summed E-state index contributed by atoms with van der Waals surface area (Å²) in [5.41, 5.74) is -0.259. The van der Waals surface area contributed by atoms with Gasteiger partial charge in [-0.1, -0.05) is 50.0 Å². The molecule has 0 radical (unpaired) electrons. The molecule has 0 saturated heterocycles. The van der Waals surface area contributed by atoms with Gasteiger partial charge in [-0.2, -0.15) is 0 Å². The van der Waals surface area contributed by atoms with Crippen LogP contribution in [0, 0.1) is 17.3 Å². The molecule has 0 aromatic rings. The van der Waals surface area contributed by atoms with Crippen LogP contribution in [-0.2, 0) is 14.4 Å². The van der Waals surface area contributed by atoms with Crippen LogP contribution in [0.25, 0.3) is 0 Å². The van der Waals surface area contributed by atoms with E-state index < -0.39 is 17.3 Å². The number of imide groups is 1. The van der Waals surface area contributed by atoms with Gasteiger partial charge in [-0.3, -0.25) is 19.3 Å². The Balaban J connectivity index is 2.41. The fourth-order valence-corrected chi connectivity index (χ4v) is 4.28. The van der Waals surface area contributed by atoms with Crippen molar-refractivity contribution in [2.45, 2.75) is 46.5 Å². The van der Waals surface area contributed by atoms with Crippen LogP contribution >= 0.6 is 23.2 Å². The van der Waals surface area contributed by atoms with Gasteiger partial charge in [0.25, 0.3) is 11.8 Å². The molecule has 1 N–H and O–H groups in total. The number of aliphatic carboxylic acids is 1. The third-order valence-electron chi connectivity index (χ3n) is 5.51. The monoisotopic (exact) mass is 387 g/mol. The summed E-state index contributed by atoms with van der Waals surface area (Å²) in [4.78, 5) is 38.7. The van der Waals surface area contributed by atoms with Crippen molar-refractivity contribution in [3.63, 3.8) is 0 Å². The number of allylic oxidation sites excluding steroid dienone is 1. The molecule has 25 heavy (non-hydrogen) atoms. The quantitative estimate of drug-likeness (QED) is 0.701. The molecule has 2 rings (SSSR count). The molecule has 0 bridgehead atoms. The van der Waals surface area contributed by atoms with Crippen molar-refractivity contribution in [1.82, 2.24) is 4.90 Å². The molecule has 1 aliphatic heterocycles. The Kier molecular flexibility index (Phi) is 6.00. The number of hydrogen-bond donors (Lipinski definition) is 1. The second-order valence-corrected chi connectivity index (χ2v) is 8.11. The second-order valence-electron chi connectivity index (χ2n) is 7.11. The number of amides is 2. The molecule has 7 heteroatoms. The molecule has 5 nitrogen and oxygen atoms in total. The van der Waals surface area contributed by atoms with Crippen molar-refractivity contribution in [1.29, 1.82) is 0 Å². The predicted octanol–water partition coefficient (Wildman–Crippen LogP) is 3.91. The van der Waals surface area contributed by atoms with Crippen LogP contribution in [0.5, 0.6) is 0 Å². The molecule has 0 spiro atoms. The topological polar surface area (TPSA) is 74.7 Å². The van der Waals surface area contributed by atoms with Gasteiger partial charge in [-0.25, -0.2) is 0 Å². The molecule has 0 aromatic heterocycles.